The third kappa shape index (κ3) is 5.63. The fourth-order valence-electron chi connectivity index (χ4n) is 11.3. The van der Waals surface area contributed by atoms with E-state index in [0.717, 1.165) is 29.0 Å². The second-order valence-electron chi connectivity index (χ2n) is 17.8. The van der Waals surface area contributed by atoms with Crippen LogP contribution in [-0.2, 0) is 10.8 Å². The summed E-state index contributed by atoms with van der Waals surface area (Å²) in [6, 6.07) is 44.9. The molecular formula is C55H50N2. The van der Waals surface area contributed by atoms with Gasteiger partial charge in [-0.05, 0) is 110 Å². The first kappa shape index (κ1) is 34.5. The van der Waals surface area contributed by atoms with Gasteiger partial charge in [0.1, 0.15) is 6.17 Å². The van der Waals surface area contributed by atoms with E-state index in [1.54, 1.807) is 22.3 Å². The first-order chi connectivity index (χ1) is 28.0. The minimum atomic E-state index is -0.139. The summed E-state index contributed by atoms with van der Waals surface area (Å²) in [5, 5.41) is 3.68. The molecule has 2 heteroatoms. The molecule has 4 atom stereocenters. The number of hydrogen-bond donors (Lipinski definition) is 1. The lowest BCUT2D eigenvalue weighted by molar-refractivity contribution is 0.352. The highest BCUT2D eigenvalue weighted by molar-refractivity contribution is 6.13. The van der Waals surface area contributed by atoms with Crippen LogP contribution in [0, 0.1) is 5.92 Å². The Morgan fingerprint density at radius 2 is 1.37 bits per heavy atom. The quantitative estimate of drug-likeness (QED) is 0.191. The maximum atomic E-state index is 5.19. The van der Waals surface area contributed by atoms with Gasteiger partial charge in [0.05, 0.1) is 5.71 Å². The molecule has 1 N–H and O–H groups in total. The second kappa shape index (κ2) is 13.4. The zero-order chi connectivity index (χ0) is 38.1. The SMILES string of the molecule is CC1(C)c2cc3c(cc2C2C=C(C4=CCC(c5ccc(C6=NC(c7ccccc7)NC(c7ccccc7)=C6)cc5)C=C4)C=CC21)C1(CCCCC1)c1ccccc1-3. The van der Waals surface area contributed by atoms with Crippen LogP contribution in [0.25, 0.3) is 16.8 Å². The summed E-state index contributed by atoms with van der Waals surface area (Å²) in [4.78, 5) is 5.19. The van der Waals surface area contributed by atoms with Crippen molar-refractivity contribution in [3.63, 3.8) is 0 Å². The minimum absolute atomic E-state index is 0.0833. The Hall–Kier alpha value is -5.73. The largest absolute Gasteiger partial charge is 0.360 e. The first-order valence-corrected chi connectivity index (χ1v) is 21.3. The van der Waals surface area contributed by atoms with Gasteiger partial charge in [0.25, 0.3) is 0 Å². The Morgan fingerprint density at radius 3 is 2.14 bits per heavy atom. The molecule has 6 aliphatic rings. The topological polar surface area (TPSA) is 24.4 Å². The smallest absolute Gasteiger partial charge is 0.145 e. The zero-order valence-electron chi connectivity index (χ0n) is 33.1. The van der Waals surface area contributed by atoms with E-state index in [0.29, 0.717) is 17.8 Å². The lowest BCUT2D eigenvalue weighted by atomic mass is 9.67. The monoisotopic (exact) mass is 738 g/mol. The summed E-state index contributed by atoms with van der Waals surface area (Å²) in [5.74, 6) is 1.23. The molecule has 1 heterocycles. The number of allylic oxidation sites excluding steroid dienone is 9. The van der Waals surface area contributed by atoms with Crippen LogP contribution in [0.15, 0.2) is 180 Å². The van der Waals surface area contributed by atoms with Crippen LogP contribution in [0.4, 0.5) is 0 Å². The summed E-state index contributed by atoms with van der Waals surface area (Å²) < 4.78 is 0. The Morgan fingerprint density at radius 1 is 0.632 bits per heavy atom. The van der Waals surface area contributed by atoms with E-state index in [-0.39, 0.29) is 17.0 Å². The fraction of sp³-hybridized carbons (Fsp3) is 0.255. The van der Waals surface area contributed by atoms with Gasteiger partial charge in [0, 0.05) is 22.9 Å². The molecule has 0 amide bonds. The summed E-state index contributed by atoms with van der Waals surface area (Å²) >= 11 is 0. The predicted octanol–water partition coefficient (Wildman–Crippen LogP) is 13.2. The van der Waals surface area contributed by atoms with Crippen LogP contribution in [-0.4, -0.2) is 5.71 Å². The van der Waals surface area contributed by atoms with Crippen LogP contribution in [0.1, 0.15) is 115 Å². The molecular weight excluding hydrogens is 689 g/mol. The van der Waals surface area contributed by atoms with E-state index in [2.05, 4.69) is 183 Å². The Balaban J connectivity index is 0.854. The second-order valence-corrected chi connectivity index (χ2v) is 17.8. The fourth-order valence-corrected chi connectivity index (χ4v) is 11.3. The summed E-state index contributed by atoms with van der Waals surface area (Å²) in [7, 11) is 0. The number of fused-ring (bicyclic) bond motifs is 8. The molecule has 0 aromatic heterocycles. The third-order valence-corrected chi connectivity index (χ3v) is 14.4. The highest BCUT2D eigenvalue weighted by Crippen LogP contribution is 2.61. The van der Waals surface area contributed by atoms with E-state index in [1.165, 1.54) is 65.5 Å². The van der Waals surface area contributed by atoms with Crippen molar-refractivity contribution in [3.05, 3.63) is 220 Å². The summed E-state index contributed by atoms with van der Waals surface area (Å²) in [6.45, 7) is 4.97. The Bertz CT molecular complexity index is 2570. The molecule has 1 spiro atoms. The molecule has 11 rings (SSSR count). The van der Waals surface area contributed by atoms with E-state index in [1.807, 2.05) is 0 Å². The molecule has 2 nitrogen and oxygen atoms in total. The Kier molecular flexibility index (Phi) is 8.14. The summed E-state index contributed by atoms with van der Waals surface area (Å²) in [5.41, 5.74) is 19.2. The van der Waals surface area contributed by atoms with Gasteiger partial charge in [-0.25, -0.2) is 0 Å². The summed E-state index contributed by atoms with van der Waals surface area (Å²) in [6.07, 6.45) is 24.5. The number of nitrogens with zero attached hydrogens (tertiary/aromatic N) is 1. The molecule has 5 aromatic carbocycles. The highest BCUT2D eigenvalue weighted by atomic mass is 15.1. The van der Waals surface area contributed by atoms with Gasteiger partial charge >= 0.3 is 0 Å². The molecule has 4 unspecified atom stereocenters. The van der Waals surface area contributed by atoms with E-state index in [4.69, 9.17) is 4.99 Å². The molecule has 1 fully saturated rings. The van der Waals surface area contributed by atoms with Crippen LogP contribution >= 0.6 is 0 Å². The number of nitrogens with one attached hydrogen (secondary N) is 1. The predicted molar refractivity (Wildman–Crippen MR) is 237 cm³/mol. The molecule has 280 valence electrons. The van der Waals surface area contributed by atoms with Crippen molar-refractivity contribution in [2.45, 2.75) is 81.2 Å². The Labute approximate surface area is 338 Å². The van der Waals surface area contributed by atoms with Crippen molar-refractivity contribution < 1.29 is 0 Å². The normalized spacial score (nSPS) is 24.6. The van der Waals surface area contributed by atoms with Crippen LogP contribution < -0.4 is 5.32 Å². The van der Waals surface area contributed by atoms with E-state index >= 15 is 0 Å². The maximum absolute atomic E-state index is 5.19. The van der Waals surface area contributed by atoms with Gasteiger partial charge in [0.15, 0.2) is 0 Å². The molecule has 0 bridgehead atoms. The standard InChI is InChI=1S/C55H50N2/c1-54(2)47-29-28-42(32-44(47)46-34-50-45(33-49(46)54)43-18-10-11-19-48(43)55(50)30-12-5-13-31-55)38-22-20-36(21-23-38)37-24-26-40(27-25-37)52-35-51(39-14-6-3-7-15-39)56-53(57-52)41-16-8-4-9-17-41/h3-4,6-11,14-20,22-29,32-36,44,47,53,56H,5,12-13,21,30-31H2,1-2H3. The van der Waals surface area contributed by atoms with Crippen molar-refractivity contribution in [1.29, 1.82) is 0 Å². The lowest BCUT2D eigenvalue weighted by Gasteiger charge is -2.36. The van der Waals surface area contributed by atoms with Gasteiger partial charge in [-0.15, -0.1) is 0 Å². The number of benzene rings is 5. The van der Waals surface area contributed by atoms with E-state index < -0.39 is 0 Å². The van der Waals surface area contributed by atoms with Gasteiger partial charge in [-0.2, -0.15) is 0 Å². The first-order valence-electron chi connectivity index (χ1n) is 21.3. The third-order valence-electron chi connectivity index (χ3n) is 14.4. The molecule has 1 aliphatic heterocycles. The van der Waals surface area contributed by atoms with E-state index in [9.17, 15) is 0 Å². The molecule has 0 radical (unpaired) electrons. The van der Waals surface area contributed by atoms with Crippen molar-refractivity contribution >= 4 is 11.4 Å². The average molecular weight is 739 g/mol. The van der Waals surface area contributed by atoms with Crippen LogP contribution in [0.2, 0.25) is 0 Å². The van der Waals surface area contributed by atoms with Crippen LogP contribution in [0.5, 0.6) is 0 Å². The highest BCUT2D eigenvalue weighted by Gasteiger charge is 2.49. The number of hydrogen-bond acceptors (Lipinski definition) is 2. The minimum Gasteiger partial charge on any atom is -0.360 e. The molecule has 0 saturated heterocycles. The average Bonchev–Trinajstić information content (AvgIpc) is 3.66. The van der Waals surface area contributed by atoms with Crippen molar-refractivity contribution in [2.24, 2.45) is 10.9 Å². The molecule has 5 aliphatic carbocycles. The number of rotatable bonds is 5. The van der Waals surface area contributed by atoms with Crippen molar-refractivity contribution in [1.82, 2.24) is 5.32 Å². The maximum Gasteiger partial charge on any atom is 0.145 e. The number of aliphatic imine (C=N–C) groups is 1. The van der Waals surface area contributed by atoms with Gasteiger partial charge in [0.2, 0.25) is 0 Å². The van der Waals surface area contributed by atoms with Gasteiger partial charge in [-0.1, -0.05) is 185 Å². The van der Waals surface area contributed by atoms with Crippen molar-refractivity contribution in [2.75, 3.05) is 0 Å². The van der Waals surface area contributed by atoms with Crippen LogP contribution in [0.3, 0.4) is 0 Å². The van der Waals surface area contributed by atoms with Gasteiger partial charge < -0.3 is 5.32 Å². The molecule has 1 saturated carbocycles. The lowest BCUT2D eigenvalue weighted by Crippen LogP contribution is -2.28. The molecule has 5 aromatic rings. The molecule has 57 heavy (non-hydrogen) atoms. The zero-order valence-corrected chi connectivity index (χ0v) is 33.1. The van der Waals surface area contributed by atoms with Crippen molar-refractivity contribution in [3.8, 4) is 11.1 Å². The van der Waals surface area contributed by atoms with Gasteiger partial charge in [-0.3, -0.25) is 4.99 Å².